The Hall–Kier alpha value is -2.37. The van der Waals surface area contributed by atoms with Gasteiger partial charge >= 0.3 is 5.97 Å². The molecule has 1 aromatic rings. The molecular formula is C24H32N2O4. The van der Waals surface area contributed by atoms with Gasteiger partial charge in [-0.1, -0.05) is 31.4 Å². The van der Waals surface area contributed by atoms with Crippen LogP contribution in [0, 0.1) is 17.8 Å². The van der Waals surface area contributed by atoms with Crippen molar-refractivity contribution in [1.82, 2.24) is 4.90 Å². The van der Waals surface area contributed by atoms with Crippen LogP contribution in [0.1, 0.15) is 63.5 Å². The Bertz CT molecular complexity index is 843. The largest absolute Gasteiger partial charge is 0.479 e. The summed E-state index contributed by atoms with van der Waals surface area (Å²) >= 11 is 0. The van der Waals surface area contributed by atoms with E-state index in [1.807, 2.05) is 43.3 Å². The van der Waals surface area contributed by atoms with Crippen LogP contribution >= 0.6 is 0 Å². The molecule has 2 saturated carbocycles. The first-order valence-corrected chi connectivity index (χ1v) is 11.1. The summed E-state index contributed by atoms with van der Waals surface area (Å²) < 4.78 is 0. The van der Waals surface area contributed by atoms with Crippen molar-refractivity contribution >= 4 is 23.3 Å². The average molecular weight is 413 g/mol. The topological polar surface area (TPSA) is 77.9 Å². The maximum absolute atomic E-state index is 13.8. The summed E-state index contributed by atoms with van der Waals surface area (Å²) in [5.41, 5.74) is 0.535. The number of fused-ring (bicyclic) bond motifs is 1. The normalized spacial score (nSPS) is 31.6. The number of carbonyl (C=O) groups excluding carboxylic acids is 2. The van der Waals surface area contributed by atoms with Gasteiger partial charge in [0.05, 0.1) is 6.04 Å². The minimum atomic E-state index is -1.35. The van der Waals surface area contributed by atoms with Crippen LogP contribution in [0.25, 0.3) is 0 Å². The summed E-state index contributed by atoms with van der Waals surface area (Å²) in [7, 11) is 3.92. The van der Waals surface area contributed by atoms with Crippen LogP contribution in [-0.4, -0.2) is 47.3 Å². The molecule has 6 heteroatoms. The second-order valence-corrected chi connectivity index (χ2v) is 9.56. The number of nitrogens with zero attached hydrogens (tertiary/aromatic N) is 2. The van der Waals surface area contributed by atoms with Crippen molar-refractivity contribution in [3.8, 4) is 0 Å². The zero-order valence-corrected chi connectivity index (χ0v) is 18.1. The molecule has 0 radical (unpaired) electrons. The maximum atomic E-state index is 13.8. The number of Topliss-reactive ketones (excluding diaryl/α,β-unsaturated/α-hetero) is 1. The fraction of sp³-hybridized carbons (Fsp3) is 0.625. The molecule has 1 amide bonds. The van der Waals surface area contributed by atoms with Gasteiger partial charge in [-0.25, -0.2) is 4.79 Å². The number of benzene rings is 1. The fourth-order valence-corrected chi connectivity index (χ4v) is 6.02. The number of aliphatic carboxylic acids is 1. The van der Waals surface area contributed by atoms with Crippen molar-refractivity contribution in [2.75, 3.05) is 19.0 Å². The SMILES string of the molecule is CN(C)c1ccc(C2C3C(=O)CCC3C(C)(C(=O)O)N2C(=O)C2CCCCC2)cc1. The molecule has 30 heavy (non-hydrogen) atoms. The average Bonchev–Trinajstić information content (AvgIpc) is 3.25. The van der Waals surface area contributed by atoms with Crippen LogP contribution in [0.3, 0.4) is 0 Å². The summed E-state index contributed by atoms with van der Waals surface area (Å²) in [4.78, 5) is 42.9. The number of anilines is 1. The minimum Gasteiger partial charge on any atom is -0.479 e. The molecule has 4 rings (SSSR count). The fourth-order valence-electron chi connectivity index (χ4n) is 6.02. The third kappa shape index (κ3) is 3.12. The number of hydrogen-bond donors (Lipinski definition) is 1. The Kier molecular flexibility index (Phi) is 5.37. The number of carboxylic acid groups (broad SMARTS) is 1. The molecule has 1 N–H and O–H groups in total. The van der Waals surface area contributed by atoms with Gasteiger partial charge in [0.1, 0.15) is 11.3 Å². The van der Waals surface area contributed by atoms with Crippen LogP contribution in [-0.2, 0) is 14.4 Å². The number of hydrogen-bond acceptors (Lipinski definition) is 4. The summed E-state index contributed by atoms with van der Waals surface area (Å²) in [6, 6.07) is 7.36. The highest BCUT2D eigenvalue weighted by molar-refractivity contribution is 5.94. The number of ketones is 1. The van der Waals surface area contributed by atoms with E-state index in [-0.39, 0.29) is 23.5 Å². The molecule has 0 aromatic heterocycles. The Morgan fingerprint density at radius 1 is 1.07 bits per heavy atom. The molecule has 1 aromatic carbocycles. The lowest BCUT2D eigenvalue weighted by Gasteiger charge is -2.40. The minimum absolute atomic E-state index is 0.0801. The van der Waals surface area contributed by atoms with Gasteiger partial charge in [-0.15, -0.1) is 0 Å². The van der Waals surface area contributed by atoms with Crippen LogP contribution in [0.5, 0.6) is 0 Å². The predicted molar refractivity (Wildman–Crippen MR) is 114 cm³/mol. The lowest BCUT2D eigenvalue weighted by atomic mass is 9.80. The van der Waals surface area contributed by atoms with Crippen molar-refractivity contribution in [2.24, 2.45) is 17.8 Å². The molecule has 0 bridgehead atoms. The summed E-state index contributed by atoms with van der Waals surface area (Å²) in [5.74, 6) is -1.91. The van der Waals surface area contributed by atoms with E-state index in [4.69, 9.17) is 0 Å². The second-order valence-electron chi connectivity index (χ2n) is 9.56. The Labute approximate surface area is 178 Å². The van der Waals surface area contributed by atoms with E-state index in [1.54, 1.807) is 11.8 Å². The molecule has 3 aliphatic rings. The van der Waals surface area contributed by atoms with Gasteiger partial charge < -0.3 is 14.9 Å². The van der Waals surface area contributed by atoms with Crippen molar-refractivity contribution in [2.45, 2.75) is 63.5 Å². The van der Waals surface area contributed by atoms with E-state index in [1.165, 1.54) is 0 Å². The molecule has 1 saturated heterocycles. The van der Waals surface area contributed by atoms with E-state index < -0.39 is 23.5 Å². The Morgan fingerprint density at radius 2 is 1.70 bits per heavy atom. The number of likely N-dealkylation sites (tertiary alicyclic amines) is 1. The number of carboxylic acids is 1. The standard InChI is InChI=1S/C24H32N2O4/c1-24(23(29)30)18-13-14-19(27)20(18)21(15-9-11-17(12-10-15)25(2)3)26(24)22(28)16-7-5-4-6-8-16/h9-12,16,18,20-21H,4-8,13-14H2,1-3H3,(H,29,30). The second kappa shape index (κ2) is 7.71. The highest BCUT2D eigenvalue weighted by Gasteiger charge is 2.66. The molecule has 6 nitrogen and oxygen atoms in total. The van der Waals surface area contributed by atoms with Gasteiger partial charge in [-0.05, 0) is 43.9 Å². The first-order chi connectivity index (χ1) is 14.3. The van der Waals surface area contributed by atoms with Gasteiger partial charge in [0.15, 0.2) is 0 Å². The van der Waals surface area contributed by atoms with E-state index in [0.717, 1.165) is 43.4 Å². The zero-order chi connectivity index (χ0) is 21.6. The van der Waals surface area contributed by atoms with Crippen molar-refractivity contribution in [1.29, 1.82) is 0 Å². The van der Waals surface area contributed by atoms with E-state index in [9.17, 15) is 19.5 Å². The Balaban J connectivity index is 1.81. The summed E-state index contributed by atoms with van der Waals surface area (Å²) in [5, 5.41) is 10.3. The number of amides is 1. The van der Waals surface area contributed by atoms with Crippen LogP contribution in [0.15, 0.2) is 24.3 Å². The van der Waals surface area contributed by atoms with Gasteiger partial charge in [0.2, 0.25) is 5.91 Å². The highest BCUT2D eigenvalue weighted by atomic mass is 16.4. The third-order valence-corrected chi connectivity index (χ3v) is 7.72. The molecule has 2 aliphatic carbocycles. The molecular weight excluding hydrogens is 380 g/mol. The van der Waals surface area contributed by atoms with Crippen LogP contribution in [0.2, 0.25) is 0 Å². The van der Waals surface area contributed by atoms with Gasteiger partial charge in [0.25, 0.3) is 0 Å². The van der Waals surface area contributed by atoms with Crippen molar-refractivity contribution in [3.63, 3.8) is 0 Å². The quantitative estimate of drug-likeness (QED) is 0.817. The highest BCUT2D eigenvalue weighted by Crippen LogP contribution is 2.57. The van der Waals surface area contributed by atoms with E-state index >= 15 is 0 Å². The van der Waals surface area contributed by atoms with Crippen molar-refractivity contribution < 1.29 is 19.5 Å². The predicted octanol–water partition coefficient (Wildman–Crippen LogP) is 3.65. The zero-order valence-electron chi connectivity index (χ0n) is 18.1. The maximum Gasteiger partial charge on any atom is 0.329 e. The number of rotatable bonds is 4. The lowest BCUT2D eigenvalue weighted by molar-refractivity contribution is -0.162. The monoisotopic (exact) mass is 412 g/mol. The van der Waals surface area contributed by atoms with Crippen molar-refractivity contribution in [3.05, 3.63) is 29.8 Å². The first kappa shape index (κ1) is 20.9. The molecule has 162 valence electrons. The lowest BCUT2D eigenvalue weighted by Crippen LogP contribution is -2.56. The summed E-state index contributed by atoms with van der Waals surface area (Å²) in [6.45, 7) is 1.67. The van der Waals surface area contributed by atoms with Gasteiger partial charge in [-0.3, -0.25) is 9.59 Å². The smallest absolute Gasteiger partial charge is 0.329 e. The molecule has 1 aliphatic heterocycles. The van der Waals surface area contributed by atoms with Gasteiger partial charge in [0, 0.05) is 44.0 Å². The molecule has 3 fully saturated rings. The van der Waals surface area contributed by atoms with Gasteiger partial charge in [-0.2, -0.15) is 0 Å². The Morgan fingerprint density at radius 3 is 2.27 bits per heavy atom. The number of carbonyl (C=O) groups is 3. The first-order valence-electron chi connectivity index (χ1n) is 11.1. The molecule has 4 atom stereocenters. The van der Waals surface area contributed by atoms with E-state index in [0.29, 0.717) is 12.8 Å². The van der Waals surface area contributed by atoms with E-state index in [2.05, 4.69) is 0 Å². The molecule has 0 spiro atoms. The third-order valence-electron chi connectivity index (χ3n) is 7.72. The molecule has 4 unspecified atom stereocenters. The van der Waals surface area contributed by atoms with Crippen LogP contribution < -0.4 is 4.90 Å². The summed E-state index contributed by atoms with van der Waals surface area (Å²) in [6.07, 6.45) is 5.67. The molecule has 1 heterocycles. The van der Waals surface area contributed by atoms with Crippen LogP contribution in [0.4, 0.5) is 5.69 Å².